The molecule has 21 heavy (non-hydrogen) atoms. The van der Waals surface area contributed by atoms with E-state index in [1.54, 1.807) is 0 Å². The molecule has 0 aromatic rings. The molecular weight excluding hydrogens is 264 g/mol. The third kappa shape index (κ3) is 4.10. The number of hydrogen-bond acceptors (Lipinski definition) is 3. The van der Waals surface area contributed by atoms with Crippen molar-refractivity contribution < 1.29 is 9.53 Å². The van der Waals surface area contributed by atoms with E-state index in [1.807, 2.05) is 6.08 Å². The fraction of sp³-hybridized carbons (Fsp3) is 0.706. The van der Waals surface area contributed by atoms with Gasteiger partial charge in [-0.2, -0.15) is 0 Å². The van der Waals surface area contributed by atoms with Crippen molar-refractivity contribution in [2.45, 2.75) is 53.0 Å². The first-order chi connectivity index (χ1) is 9.91. The van der Waals surface area contributed by atoms with Crippen molar-refractivity contribution in [3.05, 3.63) is 23.0 Å². The lowest BCUT2D eigenvalue weighted by Crippen LogP contribution is -2.38. The summed E-state index contributed by atoms with van der Waals surface area (Å²) in [6.07, 6.45) is 5.22. The number of hydrogen-bond donors (Lipinski definition) is 2. The van der Waals surface area contributed by atoms with Crippen molar-refractivity contribution in [3.8, 4) is 0 Å². The van der Waals surface area contributed by atoms with Gasteiger partial charge in [0.05, 0.1) is 0 Å². The van der Waals surface area contributed by atoms with Crippen LogP contribution in [0.5, 0.6) is 0 Å². The summed E-state index contributed by atoms with van der Waals surface area (Å²) >= 11 is 0. The van der Waals surface area contributed by atoms with Crippen LogP contribution < -0.4 is 10.6 Å². The summed E-state index contributed by atoms with van der Waals surface area (Å²) in [7, 11) is 0. The Balaban J connectivity index is 2.03. The minimum Gasteiger partial charge on any atom is -0.483 e. The van der Waals surface area contributed by atoms with E-state index in [9.17, 15) is 4.79 Å². The van der Waals surface area contributed by atoms with Crippen LogP contribution >= 0.6 is 0 Å². The quantitative estimate of drug-likeness (QED) is 0.837. The first kappa shape index (κ1) is 16.1. The van der Waals surface area contributed by atoms with Gasteiger partial charge in [0, 0.05) is 12.6 Å². The Labute approximate surface area is 128 Å². The molecule has 1 unspecified atom stereocenters. The van der Waals surface area contributed by atoms with Crippen LogP contribution in [0.15, 0.2) is 23.0 Å². The predicted molar refractivity (Wildman–Crippen MR) is 84.8 cm³/mol. The normalized spacial score (nSPS) is 22.9. The second kappa shape index (κ2) is 6.65. The zero-order valence-electron chi connectivity index (χ0n) is 13.7. The highest BCUT2D eigenvalue weighted by Gasteiger charge is 2.26. The molecule has 1 atom stereocenters. The van der Waals surface area contributed by atoms with Gasteiger partial charge >= 0.3 is 0 Å². The second-order valence-corrected chi connectivity index (χ2v) is 6.92. The minimum absolute atomic E-state index is 0.0354. The van der Waals surface area contributed by atoms with Gasteiger partial charge in [0.25, 0.3) is 5.91 Å². The summed E-state index contributed by atoms with van der Waals surface area (Å²) in [5.41, 5.74) is 2.56. The van der Waals surface area contributed by atoms with Crippen LogP contribution in [0.3, 0.4) is 0 Å². The number of ether oxygens (including phenoxy) is 1. The van der Waals surface area contributed by atoms with E-state index >= 15 is 0 Å². The fourth-order valence-electron chi connectivity index (χ4n) is 2.92. The van der Waals surface area contributed by atoms with Gasteiger partial charge in [-0.3, -0.25) is 4.79 Å². The molecule has 118 valence electrons. The Morgan fingerprint density at radius 1 is 1.48 bits per heavy atom. The zero-order chi connectivity index (χ0) is 15.5. The summed E-state index contributed by atoms with van der Waals surface area (Å²) in [6, 6.07) is 0.405. The maximum absolute atomic E-state index is 12.3. The molecule has 4 nitrogen and oxygen atoms in total. The largest absolute Gasteiger partial charge is 0.483 e. The average Bonchev–Trinajstić information content (AvgIpc) is 2.96. The molecule has 1 amide bonds. The maximum Gasteiger partial charge on any atom is 0.286 e. The summed E-state index contributed by atoms with van der Waals surface area (Å²) < 4.78 is 5.65. The number of carbonyl (C=O) groups is 1. The van der Waals surface area contributed by atoms with E-state index in [2.05, 4.69) is 38.3 Å². The molecule has 0 aromatic heterocycles. The predicted octanol–water partition coefficient (Wildman–Crippen LogP) is 2.52. The molecule has 2 heterocycles. The molecule has 4 heteroatoms. The zero-order valence-corrected chi connectivity index (χ0v) is 13.7. The number of rotatable bonds is 4. The highest BCUT2D eigenvalue weighted by atomic mass is 16.5. The van der Waals surface area contributed by atoms with Crippen LogP contribution in [0, 0.1) is 5.41 Å². The van der Waals surface area contributed by atoms with Gasteiger partial charge in [-0.1, -0.05) is 27.7 Å². The van der Waals surface area contributed by atoms with Crippen LogP contribution in [0.1, 0.15) is 47.0 Å². The molecule has 0 saturated carbocycles. The summed E-state index contributed by atoms with van der Waals surface area (Å²) in [4.78, 5) is 12.3. The van der Waals surface area contributed by atoms with Crippen LogP contribution in [-0.2, 0) is 9.53 Å². The van der Waals surface area contributed by atoms with Crippen molar-refractivity contribution in [2.24, 2.45) is 5.41 Å². The standard InChI is InChI=1S/C17H28N2O2/c1-5-12-11-21-15(9-14(12)17(2,3)4)16(20)19-10-13-7-6-8-18-13/h9,13,18H,5-8,10-11H2,1-4H3,(H,19,20). The summed E-state index contributed by atoms with van der Waals surface area (Å²) in [5.74, 6) is 0.357. The van der Waals surface area contributed by atoms with E-state index in [0.717, 1.165) is 19.4 Å². The lowest BCUT2D eigenvalue weighted by Gasteiger charge is -2.29. The van der Waals surface area contributed by atoms with E-state index < -0.39 is 0 Å². The number of nitrogens with one attached hydrogen (secondary N) is 2. The molecule has 1 fully saturated rings. The Kier molecular flexibility index (Phi) is 5.09. The molecule has 0 bridgehead atoms. The molecule has 0 aliphatic carbocycles. The number of carbonyl (C=O) groups excluding carboxylic acids is 1. The highest BCUT2D eigenvalue weighted by molar-refractivity contribution is 5.92. The van der Waals surface area contributed by atoms with Gasteiger partial charge in [0.1, 0.15) is 6.61 Å². The van der Waals surface area contributed by atoms with Crippen LogP contribution in [0.25, 0.3) is 0 Å². The molecule has 2 aliphatic rings. The van der Waals surface area contributed by atoms with Crippen molar-refractivity contribution >= 4 is 5.91 Å². The Morgan fingerprint density at radius 3 is 2.81 bits per heavy atom. The van der Waals surface area contributed by atoms with Crippen molar-refractivity contribution in [3.63, 3.8) is 0 Å². The number of amides is 1. The maximum atomic E-state index is 12.3. The molecule has 0 radical (unpaired) electrons. The summed E-state index contributed by atoms with van der Waals surface area (Å²) in [6.45, 7) is 10.9. The monoisotopic (exact) mass is 292 g/mol. The third-order valence-electron chi connectivity index (χ3n) is 4.19. The van der Waals surface area contributed by atoms with Gasteiger partial charge in [-0.15, -0.1) is 0 Å². The van der Waals surface area contributed by atoms with E-state index in [-0.39, 0.29) is 11.3 Å². The molecule has 2 rings (SSSR count). The fourth-order valence-corrected chi connectivity index (χ4v) is 2.92. The van der Waals surface area contributed by atoms with Crippen LogP contribution in [0.2, 0.25) is 0 Å². The van der Waals surface area contributed by atoms with Gasteiger partial charge in [0.15, 0.2) is 5.76 Å². The van der Waals surface area contributed by atoms with E-state index in [4.69, 9.17) is 4.74 Å². The van der Waals surface area contributed by atoms with Gasteiger partial charge < -0.3 is 15.4 Å². The van der Waals surface area contributed by atoms with Crippen molar-refractivity contribution in [1.29, 1.82) is 0 Å². The minimum atomic E-state index is -0.0967. The number of allylic oxidation sites excluding steroid dienone is 2. The van der Waals surface area contributed by atoms with E-state index in [0.29, 0.717) is 25.0 Å². The topological polar surface area (TPSA) is 50.4 Å². The third-order valence-corrected chi connectivity index (χ3v) is 4.19. The summed E-state index contributed by atoms with van der Waals surface area (Å²) in [5, 5.41) is 6.36. The highest BCUT2D eigenvalue weighted by Crippen LogP contribution is 2.34. The van der Waals surface area contributed by atoms with Gasteiger partial charge in [-0.25, -0.2) is 0 Å². The Morgan fingerprint density at radius 2 is 2.24 bits per heavy atom. The lowest BCUT2D eigenvalue weighted by atomic mass is 9.81. The molecule has 2 aliphatic heterocycles. The average molecular weight is 292 g/mol. The van der Waals surface area contributed by atoms with Gasteiger partial charge in [0.2, 0.25) is 0 Å². The van der Waals surface area contributed by atoms with Crippen LogP contribution in [0.4, 0.5) is 0 Å². The van der Waals surface area contributed by atoms with Crippen molar-refractivity contribution in [2.75, 3.05) is 19.7 Å². The first-order valence-corrected chi connectivity index (χ1v) is 8.00. The Bertz CT molecular complexity index is 452. The Hall–Kier alpha value is -1.29. The molecule has 2 N–H and O–H groups in total. The van der Waals surface area contributed by atoms with Crippen molar-refractivity contribution in [1.82, 2.24) is 10.6 Å². The smallest absolute Gasteiger partial charge is 0.286 e. The van der Waals surface area contributed by atoms with Crippen LogP contribution in [-0.4, -0.2) is 31.6 Å². The van der Waals surface area contributed by atoms with Gasteiger partial charge in [-0.05, 0) is 48.4 Å². The second-order valence-electron chi connectivity index (χ2n) is 6.92. The SMILES string of the molecule is CCC1=C(C(C)(C)C)C=C(C(=O)NCC2CCCN2)OC1. The van der Waals surface area contributed by atoms with E-state index in [1.165, 1.54) is 17.6 Å². The molecule has 1 saturated heterocycles. The lowest BCUT2D eigenvalue weighted by molar-refractivity contribution is -0.120. The molecule has 0 aromatic carbocycles. The molecule has 0 spiro atoms. The molecular formula is C17H28N2O2. The first-order valence-electron chi connectivity index (χ1n) is 8.00.